The molecule has 0 saturated carbocycles. The van der Waals surface area contributed by atoms with Gasteiger partial charge in [-0.1, -0.05) is 18.2 Å². The second-order valence-electron chi connectivity index (χ2n) is 5.54. The predicted octanol–water partition coefficient (Wildman–Crippen LogP) is 4.06. The van der Waals surface area contributed by atoms with Crippen LogP contribution >= 0.6 is 11.8 Å². The Morgan fingerprint density at radius 3 is 2.62 bits per heavy atom. The lowest BCUT2D eigenvalue weighted by atomic mass is 10.2. The summed E-state index contributed by atoms with van der Waals surface area (Å²) in [6.07, 6.45) is 1.84. The van der Waals surface area contributed by atoms with Crippen molar-refractivity contribution in [1.82, 2.24) is 0 Å². The number of methoxy groups -OCH3 is 2. The monoisotopic (exact) mass is 372 g/mol. The van der Waals surface area contributed by atoms with Crippen LogP contribution in [-0.2, 0) is 4.79 Å². The maximum absolute atomic E-state index is 12.5. The molecule has 1 amide bonds. The number of hydrogen-bond donors (Lipinski definition) is 1. The molecule has 2 rings (SSSR count). The number of nitrogens with one attached hydrogen (secondary N) is 1. The average Bonchev–Trinajstić information content (AvgIpc) is 2.66. The molecule has 1 N–H and O–H groups in total. The minimum absolute atomic E-state index is 0.0889. The lowest BCUT2D eigenvalue weighted by Crippen LogP contribution is -2.30. The maximum atomic E-state index is 12.5. The van der Waals surface area contributed by atoms with Gasteiger partial charge in [0.05, 0.1) is 26.5 Å². The van der Waals surface area contributed by atoms with Crippen LogP contribution in [0.5, 0.6) is 11.5 Å². The van der Waals surface area contributed by atoms with Gasteiger partial charge in [0, 0.05) is 29.4 Å². The molecule has 0 aliphatic heterocycles. The topological polar surface area (TPSA) is 50.8 Å². The number of para-hydroxylation sites is 1. The quantitative estimate of drug-likeness (QED) is 0.531. The van der Waals surface area contributed by atoms with Crippen molar-refractivity contribution in [2.24, 2.45) is 0 Å². The summed E-state index contributed by atoms with van der Waals surface area (Å²) >= 11 is 1.64. The molecule has 0 fully saturated rings. The Bertz CT molecular complexity index is 764. The van der Waals surface area contributed by atoms with E-state index in [1.807, 2.05) is 60.5 Å². The zero-order chi connectivity index (χ0) is 18.9. The van der Waals surface area contributed by atoms with E-state index in [1.165, 1.54) is 0 Å². The Hall–Kier alpha value is -2.60. The summed E-state index contributed by atoms with van der Waals surface area (Å²) < 4.78 is 10.6. The predicted molar refractivity (Wildman–Crippen MR) is 109 cm³/mol. The highest BCUT2D eigenvalue weighted by Gasteiger charge is 2.12. The van der Waals surface area contributed by atoms with Gasteiger partial charge < -0.3 is 19.7 Å². The molecule has 0 radical (unpaired) electrons. The average molecular weight is 372 g/mol. The molecular formula is C20H24N2O3S. The van der Waals surface area contributed by atoms with Crippen LogP contribution in [-0.4, -0.2) is 39.5 Å². The highest BCUT2D eigenvalue weighted by molar-refractivity contribution is 7.99. The van der Waals surface area contributed by atoms with Crippen molar-refractivity contribution in [2.45, 2.75) is 4.90 Å². The standard InChI is InChI=1S/C20H24N2O3S/c1-5-12-26-19-9-7-6-8-16(19)21-20(23)14-22(2)15-10-11-17(24-3)18(13-15)25-4/h5-11,13H,1,12,14H2,2-4H3,(H,21,23). The number of amides is 1. The Morgan fingerprint density at radius 2 is 1.92 bits per heavy atom. The molecule has 0 atom stereocenters. The third-order valence-corrected chi connectivity index (χ3v) is 4.78. The van der Waals surface area contributed by atoms with Gasteiger partial charge in [-0.25, -0.2) is 0 Å². The summed E-state index contributed by atoms with van der Waals surface area (Å²) in [5.41, 5.74) is 1.68. The highest BCUT2D eigenvalue weighted by atomic mass is 32.2. The normalized spacial score (nSPS) is 10.1. The van der Waals surface area contributed by atoms with Crippen LogP contribution in [0.15, 0.2) is 60.0 Å². The summed E-state index contributed by atoms with van der Waals surface area (Å²) in [6.45, 7) is 3.95. The number of ether oxygens (including phenoxy) is 2. The van der Waals surface area contributed by atoms with Gasteiger partial charge >= 0.3 is 0 Å². The SMILES string of the molecule is C=CCSc1ccccc1NC(=O)CN(C)c1ccc(OC)c(OC)c1. The van der Waals surface area contributed by atoms with E-state index in [9.17, 15) is 4.79 Å². The number of thioether (sulfide) groups is 1. The van der Waals surface area contributed by atoms with Crippen LogP contribution in [0.1, 0.15) is 0 Å². The first-order chi connectivity index (χ1) is 12.6. The fourth-order valence-corrected chi connectivity index (χ4v) is 3.15. The second-order valence-corrected chi connectivity index (χ2v) is 6.60. The number of benzene rings is 2. The van der Waals surface area contributed by atoms with Gasteiger partial charge in [0.1, 0.15) is 0 Å². The van der Waals surface area contributed by atoms with E-state index < -0.39 is 0 Å². The molecule has 6 heteroatoms. The van der Waals surface area contributed by atoms with E-state index in [1.54, 1.807) is 26.0 Å². The second kappa shape index (κ2) is 9.77. The van der Waals surface area contributed by atoms with Crippen molar-refractivity contribution in [2.75, 3.05) is 43.8 Å². The van der Waals surface area contributed by atoms with Crippen LogP contribution in [0.3, 0.4) is 0 Å². The van der Waals surface area contributed by atoms with E-state index in [0.717, 1.165) is 22.0 Å². The van der Waals surface area contributed by atoms with Crippen LogP contribution in [0.2, 0.25) is 0 Å². The molecule has 138 valence electrons. The van der Waals surface area contributed by atoms with Gasteiger partial charge in [-0.3, -0.25) is 4.79 Å². The van der Waals surface area contributed by atoms with Gasteiger partial charge in [0.2, 0.25) is 5.91 Å². The summed E-state index contributed by atoms with van der Waals surface area (Å²) in [5, 5.41) is 2.98. The van der Waals surface area contributed by atoms with E-state index in [4.69, 9.17) is 9.47 Å². The first-order valence-electron chi connectivity index (χ1n) is 8.14. The number of hydrogen-bond acceptors (Lipinski definition) is 5. The summed E-state index contributed by atoms with van der Waals surface area (Å²) in [4.78, 5) is 15.3. The summed E-state index contributed by atoms with van der Waals surface area (Å²) in [6, 6.07) is 13.3. The first-order valence-corrected chi connectivity index (χ1v) is 9.13. The fourth-order valence-electron chi connectivity index (χ4n) is 2.40. The van der Waals surface area contributed by atoms with E-state index in [0.29, 0.717) is 11.5 Å². The van der Waals surface area contributed by atoms with Gasteiger partial charge in [-0.15, -0.1) is 18.3 Å². The molecule has 0 aliphatic rings. The summed E-state index contributed by atoms with van der Waals surface area (Å²) in [5.74, 6) is 1.98. The van der Waals surface area contributed by atoms with Gasteiger partial charge in [-0.2, -0.15) is 0 Å². The van der Waals surface area contributed by atoms with Crippen LogP contribution in [0.25, 0.3) is 0 Å². The molecule has 0 aromatic heterocycles. The molecule has 26 heavy (non-hydrogen) atoms. The number of anilines is 2. The third kappa shape index (κ3) is 5.20. The maximum Gasteiger partial charge on any atom is 0.243 e. The Labute approximate surface area is 159 Å². The number of carbonyl (C=O) groups excluding carboxylic acids is 1. The number of nitrogens with zero attached hydrogens (tertiary/aromatic N) is 1. The Kier molecular flexibility index (Phi) is 7.41. The smallest absolute Gasteiger partial charge is 0.243 e. The van der Waals surface area contributed by atoms with Crippen molar-refractivity contribution >= 4 is 29.0 Å². The third-order valence-electron chi connectivity index (χ3n) is 3.71. The van der Waals surface area contributed by atoms with Crippen molar-refractivity contribution in [3.8, 4) is 11.5 Å². The zero-order valence-electron chi connectivity index (χ0n) is 15.3. The molecule has 0 unspecified atom stereocenters. The molecule has 2 aromatic carbocycles. The van der Waals surface area contributed by atoms with Crippen LogP contribution in [0.4, 0.5) is 11.4 Å². The molecule has 2 aromatic rings. The number of carbonyl (C=O) groups is 1. The minimum atomic E-state index is -0.0889. The lowest BCUT2D eigenvalue weighted by molar-refractivity contribution is -0.114. The molecule has 0 bridgehead atoms. The van der Waals surface area contributed by atoms with E-state index >= 15 is 0 Å². The van der Waals surface area contributed by atoms with Crippen molar-refractivity contribution in [3.63, 3.8) is 0 Å². The Morgan fingerprint density at radius 1 is 1.19 bits per heavy atom. The van der Waals surface area contributed by atoms with E-state index in [-0.39, 0.29) is 12.5 Å². The first kappa shape index (κ1) is 19.7. The lowest BCUT2D eigenvalue weighted by Gasteiger charge is -2.20. The molecule has 0 aliphatic carbocycles. The van der Waals surface area contributed by atoms with Gasteiger partial charge in [-0.05, 0) is 24.3 Å². The van der Waals surface area contributed by atoms with Gasteiger partial charge in [0.25, 0.3) is 0 Å². The Balaban J connectivity index is 2.05. The molecule has 0 heterocycles. The van der Waals surface area contributed by atoms with Crippen molar-refractivity contribution < 1.29 is 14.3 Å². The minimum Gasteiger partial charge on any atom is -0.493 e. The highest BCUT2D eigenvalue weighted by Crippen LogP contribution is 2.31. The zero-order valence-corrected chi connectivity index (χ0v) is 16.1. The molecule has 0 saturated heterocycles. The van der Waals surface area contributed by atoms with E-state index in [2.05, 4.69) is 11.9 Å². The largest absolute Gasteiger partial charge is 0.493 e. The molecule has 5 nitrogen and oxygen atoms in total. The molecular weight excluding hydrogens is 348 g/mol. The number of likely N-dealkylation sites (N-methyl/N-ethyl adjacent to an activating group) is 1. The number of rotatable bonds is 9. The summed E-state index contributed by atoms with van der Waals surface area (Å²) in [7, 11) is 5.04. The van der Waals surface area contributed by atoms with Crippen molar-refractivity contribution in [3.05, 3.63) is 55.1 Å². The fraction of sp³-hybridized carbons (Fsp3) is 0.250. The van der Waals surface area contributed by atoms with Crippen LogP contribution < -0.4 is 19.7 Å². The molecule has 0 spiro atoms. The van der Waals surface area contributed by atoms with Gasteiger partial charge in [0.15, 0.2) is 11.5 Å². The van der Waals surface area contributed by atoms with Crippen molar-refractivity contribution in [1.29, 1.82) is 0 Å². The van der Waals surface area contributed by atoms with Crippen LogP contribution in [0, 0.1) is 0 Å².